The van der Waals surface area contributed by atoms with Crippen LogP contribution in [0.15, 0.2) is 36.8 Å². The van der Waals surface area contributed by atoms with Gasteiger partial charge in [-0.3, -0.25) is 9.67 Å². The van der Waals surface area contributed by atoms with Gasteiger partial charge in [0.15, 0.2) is 12.0 Å². The van der Waals surface area contributed by atoms with Gasteiger partial charge in [0.1, 0.15) is 0 Å². The van der Waals surface area contributed by atoms with Crippen LogP contribution in [0.2, 0.25) is 0 Å². The van der Waals surface area contributed by atoms with Gasteiger partial charge in [-0.25, -0.2) is 4.98 Å². The SMILES string of the molecule is COc1cc(-c2ccc3c(n2)C(C)N(c2cnn(C[C@H](C)O)c2)C3O)cnc1OC. The van der Waals surface area contributed by atoms with Crippen molar-refractivity contribution in [1.29, 1.82) is 0 Å². The average molecular weight is 411 g/mol. The van der Waals surface area contributed by atoms with Gasteiger partial charge >= 0.3 is 0 Å². The van der Waals surface area contributed by atoms with Gasteiger partial charge in [0.25, 0.3) is 5.88 Å². The van der Waals surface area contributed by atoms with Crippen LogP contribution >= 0.6 is 0 Å². The van der Waals surface area contributed by atoms with Crippen molar-refractivity contribution < 1.29 is 19.7 Å². The predicted molar refractivity (Wildman–Crippen MR) is 110 cm³/mol. The van der Waals surface area contributed by atoms with E-state index in [0.717, 1.165) is 28.2 Å². The second-order valence-electron chi connectivity index (χ2n) is 7.33. The number of aliphatic hydroxyl groups excluding tert-OH is 2. The Labute approximate surface area is 174 Å². The maximum atomic E-state index is 10.9. The summed E-state index contributed by atoms with van der Waals surface area (Å²) in [6, 6.07) is 5.41. The largest absolute Gasteiger partial charge is 0.491 e. The molecule has 30 heavy (non-hydrogen) atoms. The Morgan fingerprint density at radius 3 is 2.70 bits per heavy atom. The van der Waals surface area contributed by atoms with Crippen molar-refractivity contribution >= 4 is 5.69 Å². The van der Waals surface area contributed by atoms with Crippen LogP contribution in [0.4, 0.5) is 5.69 Å². The van der Waals surface area contributed by atoms with Gasteiger partial charge in [-0.15, -0.1) is 0 Å². The van der Waals surface area contributed by atoms with Crippen LogP contribution in [0.25, 0.3) is 11.3 Å². The van der Waals surface area contributed by atoms with Crippen molar-refractivity contribution in [2.45, 2.75) is 38.8 Å². The molecule has 158 valence electrons. The van der Waals surface area contributed by atoms with Crippen LogP contribution in [0.5, 0.6) is 11.6 Å². The fraction of sp³-hybridized carbons (Fsp3) is 0.381. The molecule has 0 bridgehead atoms. The first-order valence-electron chi connectivity index (χ1n) is 9.69. The molecule has 0 saturated heterocycles. The minimum Gasteiger partial charge on any atom is -0.491 e. The number of nitrogens with zero attached hydrogens (tertiary/aromatic N) is 5. The lowest BCUT2D eigenvalue weighted by Crippen LogP contribution is -2.24. The first kappa shape index (κ1) is 20.1. The minimum absolute atomic E-state index is 0.160. The molecule has 4 heterocycles. The predicted octanol–water partition coefficient (Wildman–Crippen LogP) is 2.31. The van der Waals surface area contributed by atoms with E-state index in [2.05, 4.69) is 10.1 Å². The van der Waals surface area contributed by atoms with E-state index in [4.69, 9.17) is 14.5 Å². The van der Waals surface area contributed by atoms with Gasteiger partial charge in [0, 0.05) is 23.5 Å². The third-order valence-electron chi connectivity index (χ3n) is 5.21. The fourth-order valence-electron chi connectivity index (χ4n) is 3.79. The van der Waals surface area contributed by atoms with Crippen molar-refractivity contribution in [3.63, 3.8) is 0 Å². The van der Waals surface area contributed by atoms with Gasteiger partial charge < -0.3 is 24.6 Å². The summed E-state index contributed by atoms with van der Waals surface area (Å²) in [5, 5.41) is 24.8. The second kappa shape index (κ2) is 7.92. The maximum Gasteiger partial charge on any atom is 0.256 e. The summed E-state index contributed by atoms with van der Waals surface area (Å²) in [5.74, 6) is 0.934. The molecule has 0 amide bonds. The van der Waals surface area contributed by atoms with Crippen molar-refractivity contribution in [2.75, 3.05) is 19.1 Å². The number of methoxy groups -OCH3 is 2. The Hall–Kier alpha value is -3.17. The Morgan fingerprint density at radius 1 is 1.20 bits per heavy atom. The third-order valence-corrected chi connectivity index (χ3v) is 5.21. The number of pyridine rings is 2. The normalized spacial score (nSPS) is 18.9. The van der Waals surface area contributed by atoms with E-state index in [0.29, 0.717) is 18.2 Å². The van der Waals surface area contributed by atoms with E-state index >= 15 is 0 Å². The highest BCUT2D eigenvalue weighted by Crippen LogP contribution is 2.43. The maximum absolute atomic E-state index is 10.9. The molecular formula is C21H25N5O4. The molecule has 0 fully saturated rings. The first-order chi connectivity index (χ1) is 14.4. The summed E-state index contributed by atoms with van der Waals surface area (Å²) in [7, 11) is 3.10. The standard InChI is InChI=1S/C21H25N5O4/c1-12(27)10-25-11-15(9-23-25)26-13(2)19-16(21(26)28)5-6-17(24-19)14-7-18(29-3)20(30-4)22-8-14/h5-9,11-13,21,27-28H,10H2,1-4H3/t12-,13?,21?/m0/s1. The molecular weight excluding hydrogens is 386 g/mol. The zero-order valence-electron chi connectivity index (χ0n) is 17.4. The molecule has 2 unspecified atom stereocenters. The third kappa shape index (κ3) is 3.46. The molecule has 0 saturated carbocycles. The molecule has 1 aliphatic rings. The van der Waals surface area contributed by atoms with Gasteiger partial charge in [0.2, 0.25) is 0 Å². The zero-order chi connectivity index (χ0) is 21.4. The Kier molecular flexibility index (Phi) is 5.31. The molecule has 3 aromatic rings. The minimum atomic E-state index is -0.829. The number of ether oxygens (including phenoxy) is 2. The van der Waals surface area contributed by atoms with Crippen LogP contribution in [0.1, 0.15) is 37.4 Å². The van der Waals surface area contributed by atoms with Crippen LogP contribution in [0.3, 0.4) is 0 Å². The molecule has 4 rings (SSSR count). The van der Waals surface area contributed by atoms with Gasteiger partial charge in [-0.05, 0) is 26.0 Å². The fourth-order valence-corrected chi connectivity index (χ4v) is 3.79. The van der Waals surface area contributed by atoms with Gasteiger partial charge in [-0.2, -0.15) is 5.10 Å². The summed E-state index contributed by atoms with van der Waals surface area (Å²) in [6.07, 6.45) is 3.86. The second-order valence-corrected chi connectivity index (χ2v) is 7.33. The number of hydrogen-bond acceptors (Lipinski definition) is 8. The Balaban J connectivity index is 1.66. The Bertz CT molecular complexity index is 1050. The average Bonchev–Trinajstić information content (AvgIpc) is 3.28. The van der Waals surface area contributed by atoms with E-state index < -0.39 is 12.3 Å². The van der Waals surface area contributed by atoms with Crippen molar-refractivity contribution in [2.24, 2.45) is 0 Å². The molecule has 9 nitrogen and oxygen atoms in total. The van der Waals surface area contributed by atoms with Crippen LogP contribution < -0.4 is 14.4 Å². The quantitative estimate of drug-likeness (QED) is 0.637. The van der Waals surface area contributed by atoms with Crippen LogP contribution in [0, 0.1) is 0 Å². The van der Waals surface area contributed by atoms with E-state index in [1.54, 1.807) is 38.2 Å². The molecule has 9 heteroatoms. The molecule has 2 N–H and O–H groups in total. The molecule has 3 aromatic heterocycles. The summed E-state index contributed by atoms with van der Waals surface area (Å²) in [5.41, 5.74) is 3.83. The van der Waals surface area contributed by atoms with Crippen molar-refractivity contribution in [1.82, 2.24) is 19.7 Å². The van der Waals surface area contributed by atoms with Gasteiger partial charge in [0.05, 0.1) is 56.2 Å². The summed E-state index contributed by atoms with van der Waals surface area (Å²) in [4.78, 5) is 11.0. The number of fused-ring (bicyclic) bond motifs is 1. The highest BCUT2D eigenvalue weighted by molar-refractivity contribution is 5.64. The van der Waals surface area contributed by atoms with Gasteiger partial charge in [-0.1, -0.05) is 6.07 Å². The summed E-state index contributed by atoms with van der Waals surface area (Å²) >= 11 is 0. The molecule has 3 atom stereocenters. The monoisotopic (exact) mass is 411 g/mol. The molecule has 0 aliphatic carbocycles. The van der Waals surface area contributed by atoms with Crippen molar-refractivity contribution in [3.8, 4) is 22.9 Å². The molecule has 0 spiro atoms. The number of aliphatic hydroxyl groups is 2. The first-order valence-corrected chi connectivity index (χ1v) is 9.69. The summed E-state index contributed by atoms with van der Waals surface area (Å²) < 4.78 is 12.2. The van der Waals surface area contributed by atoms with E-state index in [1.807, 2.05) is 36.2 Å². The number of anilines is 1. The smallest absolute Gasteiger partial charge is 0.256 e. The Morgan fingerprint density at radius 2 is 2.00 bits per heavy atom. The molecule has 1 aliphatic heterocycles. The highest BCUT2D eigenvalue weighted by Gasteiger charge is 2.37. The number of hydrogen-bond donors (Lipinski definition) is 2. The zero-order valence-corrected chi connectivity index (χ0v) is 17.4. The summed E-state index contributed by atoms with van der Waals surface area (Å²) in [6.45, 7) is 4.09. The number of rotatable bonds is 6. The lowest BCUT2D eigenvalue weighted by atomic mass is 10.1. The molecule has 0 aromatic carbocycles. The molecule has 0 radical (unpaired) electrons. The van der Waals surface area contributed by atoms with E-state index in [9.17, 15) is 10.2 Å². The topological polar surface area (TPSA) is 106 Å². The number of aromatic nitrogens is 4. The van der Waals surface area contributed by atoms with Crippen LogP contribution in [-0.2, 0) is 6.54 Å². The van der Waals surface area contributed by atoms with E-state index in [1.165, 1.54) is 0 Å². The van der Waals surface area contributed by atoms with Crippen LogP contribution in [-0.4, -0.2) is 50.3 Å². The lowest BCUT2D eigenvalue weighted by Gasteiger charge is -2.25. The van der Waals surface area contributed by atoms with Crippen molar-refractivity contribution in [3.05, 3.63) is 48.0 Å². The van der Waals surface area contributed by atoms with E-state index in [-0.39, 0.29) is 6.04 Å². The lowest BCUT2D eigenvalue weighted by molar-refractivity contribution is 0.168. The highest BCUT2D eigenvalue weighted by atomic mass is 16.5.